The van der Waals surface area contributed by atoms with Crippen LogP contribution in [-0.2, 0) is 19.5 Å². The normalized spacial score (nSPS) is 13.9. The second kappa shape index (κ2) is 8.14. The van der Waals surface area contributed by atoms with Crippen LogP contribution in [0, 0.1) is 0 Å². The van der Waals surface area contributed by atoms with E-state index in [4.69, 9.17) is 32.6 Å². The van der Waals surface area contributed by atoms with Gasteiger partial charge in [0.2, 0.25) is 0 Å². The summed E-state index contributed by atoms with van der Waals surface area (Å²) in [5.74, 6) is 2.35. The maximum atomic E-state index is 6.12. The number of hydrogen-bond acceptors (Lipinski definition) is 6. The molecule has 0 fully saturated rings. The molecular weight excluding hydrogens is 421 g/mol. The summed E-state index contributed by atoms with van der Waals surface area (Å²) in [6.07, 6.45) is 7.72. The Kier molecular flexibility index (Phi) is 5.21. The number of fused-ring (bicyclic) bond motifs is 1. The van der Waals surface area contributed by atoms with Gasteiger partial charge in [0, 0.05) is 49.2 Å². The molecule has 6 nitrogen and oxygen atoms in total. The van der Waals surface area contributed by atoms with Crippen LogP contribution in [-0.4, -0.2) is 31.4 Å². The fraction of sp³-hybridized carbons (Fsp3) is 0.182. The zero-order valence-corrected chi connectivity index (χ0v) is 17.4. The van der Waals surface area contributed by atoms with E-state index in [2.05, 4.69) is 19.9 Å². The molecule has 0 amide bonds. The van der Waals surface area contributed by atoms with Crippen molar-refractivity contribution in [2.75, 3.05) is 6.54 Å². The van der Waals surface area contributed by atoms with Gasteiger partial charge in [-0.05, 0) is 30.3 Å². The fourth-order valence-electron chi connectivity index (χ4n) is 3.55. The summed E-state index contributed by atoms with van der Waals surface area (Å²) in [7, 11) is 0. The van der Waals surface area contributed by atoms with Crippen LogP contribution in [0.1, 0.15) is 17.0 Å². The van der Waals surface area contributed by atoms with Crippen LogP contribution < -0.4 is 0 Å². The summed E-state index contributed by atoms with van der Waals surface area (Å²) < 4.78 is 6.04. The summed E-state index contributed by atoms with van der Waals surface area (Å²) in [4.78, 5) is 19.6. The number of nitrogens with zero attached hydrogens (tertiary/aromatic N) is 5. The third-order valence-corrected chi connectivity index (χ3v) is 5.82. The predicted molar refractivity (Wildman–Crippen MR) is 115 cm³/mol. The van der Waals surface area contributed by atoms with Crippen LogP contribution in [0.3, 0.4) is 0 Å². The van der Waals surface area contributed by atoms with Gasteiger partial charge in [-0.3, -0.25) is 4.90 Å². The SMILES string of the molecule is Clc1ccc(-c2ccc(CN3CCc4nc(-c5cncnc5)ncc4C3)o2)cc1Cl. The van der Waals surface area contributed by atoms with E-state index in [1.807, 2.05) is 30.5 Å². The molecule has 0 unspecified atom stereocenters. The van der Waals surface area contributed by atoms with Crippen molar-refractivity contribution in [2.24, 2.45) is 0 Å². The minimum absolute atomic E-state index is 0.515. The van der Waals surface area contributed by atoms with Crippen LogP contribution >= 0.6 is 23.2 Å². The molecule has 0 bridgehead atoms. The lowest BCUT2D eigenvalue weighted by Crippen LogP contribution is -2.30. The van der Waals surface area contributed by atoms with Crippen molar-refractivity contribution >= 4 is 23.2 Å². The highest BCUT2D eigenvalue weighted by atomic mass is 35.5. The van der Waals surface area contributed by atoms with Crippen LogP contribution in [0.5, 0.6) is 0 Å². The van der Waals surface area contributed by atoms with Crippen LogP contribution in [0.15, 0.2) is 59.7 Å². The first-order valence-corrected chi connectivity index (χ1v) is 10.3. The van der Waals surface area contributed by atoms with Gasteiger partial charge in [-0.1, -0.05) is 23.2 Å². The molecule has 0 saturated carbocycles. The first-order chi connectivity index (χ1) is 14.7. The molecule has 150 valence electrons. The third kappa shape index (κ3) is 3.94. The van der Waals surface area contributed by atoms with Gasteiger partial charge in [0.1, 0.15) is 17.8 Å². The molecule has 1 aliphatic heterocycles. The first-order valence-electron chi connectivity index (χ1n) is 9.52. The number of furan rings is 1. The van der Waals surface area contributed by atoms with E-state index in [1.54, 1.807) is 18.5 Å². The minimum atomic E-state index is 0.515. The number of hydrogen-bond donors (Lipinski definition) is 0. The van der Waals surface area contributed by atoms with Crippen molar-refractivity contribution < 1.29 is 4.42 Å². The van der Waals surface area contributed by atoms with E-state index in [9.17, 15) is 0 Å². The van der Waals surface area contributed by atoms with E-state index in [-0.39, 0.29) is 0 Å². The molecule has 0 N–H and O–H groups in total. The Morgan fingerprint density at radius 3 is 2.67 bits per heavy atom. The highest BCUT2D eigenvalue weighted by molar-refractivity contribution is 6.42. The lowest BCUT2D eigenvalue weighted by Gasteiger charge is -2.27. The molecule has 4 aromatic rings. The molecule has 1 aliphatic rings. The lowest BCUT2D eigenvalue weighted by molar-refractivity contribution is 0.224. The monoisotopic (exact) mass is 437 g/mol. The topological polar surface area (TPSA) is 67.9 Å². The summed E-state index contributed by atoms with van der Waals surface area (Å²) in [6, 6.07) is 9.46. The Morgan fingerprint density at radius 2 is 1.83 bits per heavy atom. The van der Waals surface area contributed by atoms with E-state index >= 15 is 0 Å². The van der Waals surface area contributed by atoms with Gasteiger partial charge in [0.15, 0.2) is 5.82 Å². The van der Waals surface area contributed by atoms with E-state index in [0.717, 1.165) is 60.0 Å². The number of benzene rings is 1. The molecule has 0 atom stereocenters. The fourth-order valence-corrected chi connectivity index (χ4v) is 3.85. The summed E-state index contributed by atoms with van der Waals surface area (Å²) in [6.45, 7) is 2.40. The second-order valence-corrected chi connectivity index (χ2v) is 7.96. The van der Waals surface area contributed by atoms with Gasteiger partial charge >= 0.3 is 0 Å². The molecule has 4 heterocycles. The zero-order chi connectivity index (χ0) is 20.5. The van der Waals surface area contributed by atoms with E-state index < -0.39 is 0 Å². The van der Waals surface area contributed by atoms with Crippen molar-refractivity contribution in [1.82, 2.24) is 24.8 Å². The Balaban J connectivity index is 1.29. The van der Waals surface area contributed by atoms with Gasteiger partial charge in [-0.2, -0.15) is 0 Å². The molecule has 5 rings (SSSR count). The van der Waals surface area contributed by atoms with Crippen molar-refractivity contribution in [3.05, 3.63) is 82.3 Å². The van der Waals surface area contributed by atoms with E-state index in [0.29, 0.717) is 15.9 Å². The highest BCUT2D eigenvalue weighted by Gasteiger charge is 2.20. The molecule has 0 radical (unpaired) electrons. The van der Waals surface area contributed by atoms with Gasteiger partial charge in [-0.15, -0.1) is 0 Å². The molecule has 8 heteroatoms. The van der Waals surface area contributed by atoms with Crippen molar-refractivity contribution in [2.45, 2.75) is 19.5 Å². The summed E-state index contributed by atoms with van der Waals surface area (Å²) in [5.41, 5.74) is 3.95. The average Bonchev–Trinajstić information content (AvgIpc) is 3.24. The molecule has 3 aromatic heterocycles. The van der Waals surface area contributed by atoms with Gasteiger partial charge in [0.05, 0.1) is 27.8 Å². The van der Waals surface area contributed by atoms with Gasteiger partial charge < -0.3 is 4.42 Å². The molecule has 30 heavy (non-hydrogen) atoms. The Labute approximate surface area is 183 Å². The largest absolute Gasteiger partial charge is 0.460 e. The molecule has 0 saturated heterocycles. The van der Waals surface area contributed by atoms with E-state index in [1.165, 1.54) is 6.33 Å². The summed E-state index contributed by atoms with van der Waals surface area (Å²) >= 11 is 12.1. The molecule has 0 aliphatic carbocycles. The van der Waals surface area contributed by atoms with Crippen LogP contribution in [0.4, 0.5) is 0 Å². The average molecular weight is 438 g/mol. The Hall–Kier alpha value is -2.80. The predicted octanol–water partition coefficient (Wildman–Crippen LogP) is 5.06. The van der Waals surface area contributed by atoms with Crippen LogP contribution in [0.25, 0.3) is 22.7 Å². The number of rotatable bonds is 4. The third-order valence-electron chi connectivity index (χ3n) is 5.08. The first kappa shape index (κ1) is 19.2. The molecule has 1 aromatic carbocycles. The number of halogens is 2. The molecular formula is C22H17Cl2N5O. The number of aromatic nitrogens is 4. The smallest absolute Gasteiger partial charge is 0.162 e. The lowest BCUT2D eigenvalue weighted by atomic mass is 10.1. The minimum Gasteiger partial charge on any atom is -0.460 e. The zero-order valence-electron chi connectivity index (χ0n) is 15.9. The second-order valence-electron chi connectivity index (χ2n) is 7.15. The van der Waals surface area contributed by atoms with Crippen molar-refractivity contribution in [1.29, 1.82) is 0 Å². The highest BCUT2D eigenvalue weighted by Crippen LogP contribution is 2.30. The van der Waals surface area contributed by atoms with Crippen molar-refractivity contribution in [3.8, 4) is 22.7 Å². The Bertz CT molecular complexity index is 1200. The maximum Gasteiger partial charge on any atom is 0.162 e. The quantitative estimate of drug-likeness (QED) is 0.444. The molecule has 0 spiro atoms. The standard InChI is InChI=1S/C22H17Cl2N5O/c23-18-3-1-14(7-19(18)24)21-4-2-17(30-21)12-29-6-5-20-16(11-29)10-27-22(28-20)15-8-25-13-26-9-15/h1-4,7-10,13H,5-6,11-12H2. The Morgan fingerprint density at radius 1 is 0.967 bits per heavy atom. The van der Waals surface area contributed by atoms with Crippen LogP contribution in [0.2, 0.25) is 10.0 Å². The van der Waals surface area contributed by atoms with Crippen molar-refractivity contribution in [3.63, 3.8) is 0 Å². The van der Waals surface area contributed by atoms with Gasteiger partial charge in [-0.25, -0.2) is 19.9 Å². The summed E-state index contributed by atoms with van der Waals surface area (Å²) in [5, 5.41) is 1.05. The maximum absolute atomic E-state index is 6.12. The van der Waals surface area contributed by atoms with Gasteiger partial charge in [0.25, 0.3) is 0 Å².